The van der Waals surface area contributed by atoms with Gasteiger partial charge < -0.3 is 15.1 Å². The number of likely N-dealkylation sites (tertiary alicyclic amines) is 1. The zero-order chi connectivity index (χ0) is 19.1. The summed E-state index contributed by atoms with van der Waals surface area (Å²) in [4.78, 5) is 24.5. The van der Waals surface area contributed by atoms with Crippen LogP contribution in [0.15, 0.2) is 23.1 Å². The summed E-state index contributed by atoms with van der Waals surface area (Å²) in [6, 6.07) is 3.29. The summed E-state index contributed by atoms with van der Waals surface area (Å²) in [5.41, 5.74) is -0.707. The van der Waals surface area contributed by atoms with E-state index in [2.05, 4.69) is 0 Å². The van der Waals surface area contributed by atoms with Gasteiger partial charge in [-0.05, 0) is 37.5 Å². The van der Waals surface area contributed by atoms with Gasteiger partial charge in [-0.1, -0.05) is 0 Å². The molecular weight excluding hydrogens is 360 g/mol. The molecule has 2 aliphatic heterocycles. The van der Waals surface area contributed by atoms with E-state index < -0.39 is 27.3 Å². The van der Waals surface area contributed by atoms with Crippen molar-refractivity contribution in [3.05, 3.63) is 23.8 Å². The number of piperidine rings is 2. The normalized spacial score (nSPS) is 24.8. The molecule has 0 bridgehead atoms. The van der Waals surface area contributed by atoms with Crippen LogP contribution in [0.4, 0.5) is 0 Å². The minimum atomic E-state index is -3.89. The maximum Gasteiger partial charge on any atom is 0.339 e. The Bertz CT molecular complexity index is 853. The number of carbonyl (C=O) groups excluding carboxylic acids is 1. The Hall–Kier alpha value is -2.13. The molecule has 8 nitrogen and oxygen atoms in total. The zero-order valence-corrected chi connectivity index (χ0v) is 15.3. The lowest BCUT2D eigenvalue weighted by Crippen LogP contribution is -2.54. The number of aromatic carboxylic acids is 1. The van der Waals surface area contributed by atoms with E-state index in [0.717, 1.165) is 18.6 Å². The van der Waals surface area contributed by atoms with Crippen LogP contribution in [0.2, 0.25) is 0 Å². The second-order valence-corrected chi connectivity index (χ2v) is 9.11. The van der Waals surface area contributed by atoms with Crippen LogP contribution in [0.1, 0.15) is 36.0 Å². The van der Waals surface area contributed by atoms with Gasteiger partial charge in [0.2, 0.25) is 15.9 Å². The molecule has 2 heterocycles. The van der Waals surface area contributed by atoms with Gasteiger partial charge in [-0.3, -0.25) is 4.79 Å². The number of carbonyl (C=O) groups is 2. The monoisotopic (exact) mass is 382 g/mol. The minimum Gasteiger partial charge on any atom is -0.507 e. The molecule has 1 aromatic rings. The smallest absolute Gasteiger partial charge is 0.339 e. The highest BCUT2D eigenvalue weighted by atomic mass is 32.2. The van der Waals surface area contributed by atoms with Crippen LogP contribution in [0.5, 0.6) is 5.75 Å². The number of aromatic hydroxyl groups is 1. The van der Waals surface area contributed by atoms with E-state index >= 15 is 0 Å². The summed E-state index contributed by atoms with van der Waals surface area (Å²) < 4.78 is 27.4. The van der Waals surface area contributed by atoms with Gasteiger partial charge in [-0.2, -0.15) is 4.31 Å². The topological polar surface area (TPSA) is 115 Å². The number of amides is 1. The highest BCUT2D eigenvalue weighted by molar-refractivity contribution is 7.89. The Kier molecular flexibility index (Phi) is 4.70. The standard InChI is InChI=1S/C17H22N2O6S/c1-18-10-17(7-5-15(18)21)6-2-8-19(11-17)26(24,25)12-3-4-14(20)13(9-12)16(22)23/h3-4,9,20H,2,5-8,10-11H2,1H3,(H,22,23). The predicted molar refractivity (Wildman–Crippen MR) is 92.4 cm³/mol. The van der Waals surface area contributed by atoms with Gasteiger partial charge in [-0.15, -0.1) is 0 Å². The van der Waals surface area contributed by atoms with Crippen LogP contribution in [0, 0.1) is 5.41 Å². The molecule has 2 N–H and O–H groups in total. The largest absolute Gasteiger partial charge is 0.507 e. The summed E-state index contributed by atoms with van der Waals surface area (Å²) in [5, 5.41) is 18.7. The third-order valence-electron chi connectivity index (χ3n) is 5.33. The van der Waals surface area contributed by atoms with Crippen molar-refractivity contribution in [2.75, 3.05) is 26.7 Å². The van der Waals surface area contributed by atoms with E-state index in [-0.39, 0.29) is 16.2 Å². The van der Waals surface area contributed by atoms with Gasteiger partial charge in [0.25, 0.3) is 0 Å². The lowest BCUT2D eigenvalue weighted by atomic mass is 9.74. The Labute approximate surface area is 152 Å². The molecule has 1 atom stereocenters. The van der Waals surface area contributed by atoms with E-state index in [9.17, 15) is 23.1 Å². The van der Waals surface area contributed by atoms with Crippen molar-refractivity contribution >= 4 is 21.9 Å². The Morgan fingerprint density at radius 1 is 1.23 bits per heavy atom. The van der Waals surface area contributed by atoms with Crippen LogP contribution in [0.25, 0.3) is 0 Å². The van der Waals surface area contributed by atoms with Crippen molar-refractivity contribution in [3.8, 4) is 5.75 Å². The quantitative estimate of drug-likeness (QED) is 0.809. The van der Waals surface area contributed by atoms with Crippen LogP contribution < -0.4 is 0 Å². The van der Waals surface area contributed by atoms with Crippen LogP contribution in [-0.4, -0.2) is 66.4 Å². The average Bonchev–Trinajstić information content (AvgIpc) is 2.59. The number of hydrogen-bond donors (Lipinski definition) is 2. The third-order valence-corrected chi connectivity index (χ3v) is 7.17. The lowest BCUT2D eigenvalue weighted by molar-refractivity contribution is -0.136. The fourth-order valence-electron chi connectivity index (χ4n) is 3.93. The van der Waals surface area contributed by atoms with Gasteiger partial charge in [0.15, 0.2) is 0 Å². The van der Waals surface area contributed by atoms with E-state index in [1.165, 1.54) is 10.4 Å². The maximum absolute atomic E-state index is 13.0. The van der Waals surface area contributed by atoms with E-state index in [1.54, 1.807) is 11.9 Å². The van der Waals surface area contributed by atoms with Crippen molar-refractivity contribution in [3.63, 3.8) is 0 Å². The Balaban J connectivity index is 1.89. The SMILES string of the molecule is CN1CC2(CCCN(S(=O)(=O)c3ccc(O)c(C(=O)O)c3)C2)CCC1=O. The second-order valence-electron chi connectivity index (χ2n) is 7.18. The molecule has 1 spiro atoms. The van der Waals surface area contributed by atoms with Crippen molar-refractivity contribution in [1.29, 1.82) is 0 Å². The van der Waals surface area contributed by atoms with Gasteiger partial charge in [-0.25, -0.2) is 13.2 Å². The number of rotatable bonds is 3. The van der Waals surface area contributed by atoms with Crippen LogP contribution in [-0.2, 0) is 14.8 Å². The van der Waals surface area contributed by atoms with Crippen molar-refractivity contribution in [2.45, 2.75) is 30.6 Å². The minimum absolute atomic E-state index is 0.0697. The number of phenols is 1. The molecular formula is C17H22N2O6S. The van der Waals surface area contributed by atoms with Crippen molar-refractivity contribution in [2.24, 2.45) is 5.41 Å². The molecule has 1 amide bonds. The first-order chi connectivity index (χ1) is 12.1. The summed E-state index contributed by atoms with van der Waals surface area (Å²) in [5.74, 6) is -1.79. The first kappa shape index (κ1) is 18.7. The molecule has 0 radical (unpaired) electrons. The molecule has 2 fully saturated rings. The maximum atomic E-state index is 13.0. The molecule has 0 saturated carbocycles. The molecule has 142 valence electrons. The predicted octanol–water partition coefficient (Wildman–Crippen LogP) is 1.11. The molecule has 0 aromatic heterocycles. The molecule has 2 aliphatic rings. The number of nitrogens with zero attached hydrogens (tertiary/aromatic N) is 2. The first-order valence-corrected chi connectivity index (χ1v) is 9.89. The second kappa shape index (κ2) is 6.55. The molecule has 26 heavy (non-hydrogen) atoms. The Morgan fingerprint density at radius 3 is 2.62 bits per heavy atom. The highest BCUT2D eigenvalue weighted by Gasteiger charge is 2.43. The average molecular weight is 382 g/mol. The fraction of sp³-hybridized carbons (Fsp3) is 0.529. The van der Waals surface area contributed by atoms with E-state index in [0.29, 0.717) is 38.9 Å². The van der Waals surface area contributed by atoms with Gasteiger partial charge in [0.05, 0.1) is 4.90 Å². The summed E-state index contributed by atoms with van der Waals surface area (Å²) in [7, 11) is -2.15. The highest BCUT2D eigenvalue weighted by Crippen LogP contribution is 2.40. The summed E-state index contributed by atoms with van der Waals surface area (Å²) >= 11 is 0. The molecule has 1 unspecified atom stereocenters. The fourth-order valence-corrected chi connectivity index (χ4v) is 5.55. The number of carboxylic acids is 1. The first-order valence-electron chi connectivity index (χ1n) is 8.45. The summed E-state index contributed by atoms with van der Waals surface area (Å²) in [6.45, 7) is 1.18. The van der Waals surface area contributed by atoms with E-state index in [4.69, 9.17) is 5.11 Å². The van der Waals surface area contributed by atoms with Crippen molar-refractivity contribution in [1.82, 2.24) is 9.21 Å². The van der Waals surface area contributed by atoms with Gasteiger partial charge >= 0.3 is 5.97 Å². The van der Waals surface area contributed by atoms with Crippen LogP contribution in [0.3, 0.4) is 0 Å². The molecule has 1 aromatic carbocycles. The number of benzene rings is 1. The van der Waals surface area contributed by atoms with Gasteiger partial charge in [0.1, 0.15) is 11.3 Å². The lowest BCUT2D eigenvalue weighted by Gasteiger charge is -2.46. The third kappa shape index (κ3) is 3.28. The molecule has 9 heteroatoms. The number of sulfonamides is 1. The zero-order valence-electron chi connectivity index (χ0n) is 14.5. The Morgan fingerprint density at radius 2 is 1.96 bits per heavy atom. The molecule has 0 aliphatic carbocycles. The summed E-state index contributed by atoms with van der Waals surface area (Å²) in [6.07, 6.45) is 2.60. The van der Waals surface area contributed by atoms with Crippen LogP contribution >= 0.6 is 0 Å². The number of carboxylic acid groups (broad SMARTS) is 1. The number of hydrogen-bond acceptors (Lipinski definition) is 5. The molecule has 2 saturated heterocycles. The molecule has 3 rings (SSSR count). The van der Waals surface area contributed by atoms with E-state index in [1.807, 2.05) is 0 Å². The van der Waals surface area contributed by atoms with Gasteiger partial charge in [0, 0.05) is 38.5 Å². The van der Waals surface area contributed by atoms with Crippen molar-refractivity contribution < 1.29 is 28.2 Å².